The molecule has 1 N–H and O–H groups in total. The highest BCUT2D eigenvalue weighted by atomic mass is 16.5. The minimum Gasteiger partial charge on any atom is -0.381 e. The standard InChI is InChI=1S/C16H20N2O/c1-17-16(12-6-9-19-10-7-12)15-4-2-3-13-11-18-8-5-14(13)15/h2-5,8,11-12,16-17H,6-7,9-10H2,1H3. The molecule has 0 bridgehead atoms. The largest absolute Gasteiger partial charge is 0.381 e. The first-order valence-electron chi connectivity index (χ1n) is 6.98. The summed E-state index contributed by atoms with van der Waals surface area (Å²) in [5.41, 5.74) is 1.38. The van der Waals surface area contributed by atoms with E-state index >= 15 is 0 Å². The Bertz CT molecular complexity index is 544. The number of aromatic nitrogens is 1. The van der Waals surface area contributed by atoms with E-state index in [9.17, 15) is 0 Å². The summed E-state index contributed by atoms with van der Waals surface area (Å²) in [4.78, 5) is 4.21. The topological polar surface area (TPSA) is 34.2 Å². The number of pyridine rings is 1. The van der Waals surface area contributed by atoms with Gasteiger partial charge < -0.3 is 10.1 Å². The van der Waals surface area contributed by atoms with Gasteiger partial charge in [0.25, 0.3) is 0 Å². The third kappa shape index (κ3) is 2.48. The smallest absolute Gasteiger partial charge is 0.0469 e. The van der Waals surface area contributed by atoms with Gasteiger partial charge in [-0.1, -0.05) is 18.2 Å². The molecule has 1 aromatic carbocycles. The third-order valence-electron chi connectivity index (χ3n) is 4.10. The lowest BCUT2D eigenvalue weighted by molar-refractivity contribution is 0.0548. The van der Waals surface area contributed by atoms with Crippen LogP contribution in [0.25, 0.3) is 10.8 Å². The molecule has 1 fully saturated rings. The molecular weight excluding hydrogens is 236 g/mol. The number of rotatable bonds is 3. The predicted molar refractivity (Wildman–Crippen MR) is 77.1 cm³/mol. The Morgan fingerprint density at radius 2 is 2.11 bits per heavy atom. The molecule has 3 nitrogen and oxygen atoms in total. The summed E-state index contributed by atoms with van der Waals surface area (Å²) in [5, 5.41) is 6.03. The van der Waals surface area contributed by atoms with E-state index in [1.165, 1.54) is 16.3 Å². The van der Waals surface area contributed by atoms with E-state index in [-0.39, 0.29) is 0 Å². The number of benzene rings is 1. The Hall–Kier alpha value is -1.45. The van der Waals surface area contributed by atoms with Crippen molar-refractivity contribution >= 4 is 10.8 Å². The highest BCUT2D eigenvalue weighted by Gasteiger charge is 2.25. The van der Waals surface area contributed by atoms with Crippen molar-refractivity contribution in [3.8, 4) is 0 Å². The van der Waals surface area contributed by atoms with Gasteiger partial charge in [-0.05, 0) is 42.8 Å². The molecule has 1 aliphatic rings. The van der Waals surface area contributed by atoms with E-state index in [1.54, 1.807) is 0 Å². The molecule has 3 rings (SSSR count). The average molecular weight is 256 g/mol. The van der Waals surface area contributed by atoms with Crippen LogP contribution in [-0.4, -0.2) is 25.2 Å². The van der Waals surface area contributed by atoms with Crippen LogP contribution in [0.3, 0.4) is 0 Å². The molecule has 0 radical (unpaired) electrons. The molecular formula is C16H20N2O. The number of ether oxygens (including phenoxy) is 1. The van der Waals surface area contributed by atoms with Crippen molar-refractivity contribution in [1.82, 2.24) is 10.3 Å². The van der Waals surface area contributed by atoms with Crippen LogP contribution in [0.15, 0.2) is 36.7 Å². The van der Waals surface area contributed by atoms with Crippen LogP contribution in [0.1, 0.15) is 24.4 Å². The summed E-state index contributed by atoms with van der Waals surface area (Å²) in [5.74, 6) is 0.650. The van der Waals surface area contributed by atoms with Crippen LogP contribution in [0.2, 0.25) is 0 Å². The molecule has 1 aliphatic heterocycles. The molecule has 2 heterocycles. The van der Waals surface area contributed by atoms with Crippen LogP contribution in [0, 0.1) is 5.92 Å². The minimum absolute atomic E-state index is 0.398. The molecule has 19 heavy (non-hydrogen) atoms. The van der Waals surface area contributed by atoms with Crippen LogP contribution in [0.4, 0.5) is 0 Å². The maximum absolute atomic E-state index is 5.48. The Labute approximate surface area is 114 Å². The number of hydrogen-bond acceptors (Lipinski definition) is 3. The molecule has 0 aliphatic carbocycles. The van der Waals surface area contributed by atoms with E-state index < -0.39 is 0 Å². The van der Waals surface area contributed by atoms with Gasteiger partial charge in [-0.25, -0.2) is 0 Å². The molecule has 0 amide bonds. The Morgan fingerprint density at radius 1 is 1.26 bits per heavy atom. The summed E-state index contributed by atoms with van der Waals surface area (Å²) in [6.45, 7) is 1.77. The van der Waals surface area contributed by atoms with E-state index in [4.69, 9.17) is 4.74 Å². The second-order valence-electron chi connectivity index (χ2n) is 5.16. The van der Waals surface area contributed by atoms with Gasteiger partial charge in [0.1, 0.15) is 0 Å². The zero-order chi connectivity index (χ0) is 13.1. The van der Waals surface area contributed by atoms with E-state index in [2.05, 4.69) is 41.6 Å². The molecule has 1 atom stereocenters. The highest BCUT2D eigenvalue weighted by Crippen LogP contribution is 2.33. The Morgan fingerprint density at radius 3 is 2.89 bits per heavy atom. The number of nitrogens with zero attached hydrogens (tertiary/aromatic N) is 1. The summed E-state index contributed by atoms with van der Waals surface area (Å²) in [6, 6.07) is 9.01. The third-order valence-corrected chi connectivity index (χ3v) is 4.10. The SMILES string of the molecule is CNC(c1cccc2cnccc12)C1CCOCC1. The van der Waals surface area contributed by atoms with E-state index in [1.807, 2.05) is 12.4 Å². The van der Waals surface area contributed by atoms with Gasteiger partial charge in [-0.15, -0.1) is 0 Å². The maximum atomic E-state index is 5.48. The normalized spacial score (nSPS) is 18.6. The van der Waals surface area contributed by atoms with Crippen molar-refractivity contribution in [2.75, 3.05) is 20.3 Å². The van der Waals surface area contributed by atoms with Gasteiger partial charge in [0.15, 0.2) is 0 Å². The van der Waals surface area contributed by atoms with Gasteiger partial charge >= 0.3 is 0 Å². The lowest BCUT2D eigenvalue weighted by Crippen LogP contribution is -2.30. The highest BCUT2D eigenvalue weighted by molar-refractivity contribution is 5.85. The second kappa shape index (κ2) is 5.68. The first-order valence-corrected chi connectivity index (χ1v) is 6.98. The molecule has 100 valence electrons. The van der Waals surface area contributed by atoms with Crippen LogP contribution >= 0.6 is 0 Å². The fourth-order valence-corrected chi connectivity index (χ4v) is 3.11. The predicted octanol–water partition coefficient (Wildman–Crippen LogP) is 2.92. The number of nitrogens with one attached hydrogen (secondary N) is 1. The lowest BCUT2D eigenvalue weighted by Gasteiger charge is -2.31. The molecule has 0 saturated carbocycles. The molecule has 1 aromatic heterocycles. The van der Waals surface area contributed by atoms with Gasteiger partial charge in [0.2, 0.25) is 0 Å². The fourth-order valence-electron chi connectivity index (χ4n) is 3.11. The number of hydrogen-bond donors (Lipinski definition) is 1. The fraction of sp³-hybridized carbons (Fsp3) is 0.438. The van der Waals surface area contributed by atoms with Crippen molar-refractivity contribution in [1.29, 1.82) is 0 Å². The molecule has 2 aromatic rings. The van der Waals surface area contributed by atoms with Crippen molar-refractivity contribution in [2.24, 2.45) is 5.92 Å². The minimum atomic E-state index is 0.398. The zero-order valence-electron chi connectivity index (χ0n) is 11.3. The van der Waals surface area contributed by atoms with Gasteiger partial charge in [-0.2, -0.15) is 0 Å². The van der Waals surface area contributed by atoms with Crippen molar-refractivity contribution in [2.45, 2.75) is 18.9 Å². The second-order valence-corrected chi connectivity index (χ2v) is 5.16. The summed E-state index contributed by atoms with van der Waals surface area (Å²) >= 11 is 0. The maximum Gasteiger partial charge on any atom is 0.0469 e. The summed E-state index contributed by atoms with van der Waals surface area (Å²) in [7, 11) is 2.06. The first-order chi connectivity index (χ1) is 9.40. The average Bonchev–Trinajstić information content (AvgIpc) is 2.49. The van der Waals surface area contributed by atoms with Crippen LogP contribution in [0.5, 0.6) is 0 Å². The van der Waals surface area contributed by atoms with Crippen molar-refractivity contribution < 1.29 is 4.74 Å². The van der Waals surface area contributed by atoms with E-state index in [0.717, 1.165) is 26.1 Å². The monoisotopic (exact) mass is 256 g/mol. The van der Waals surface area contributed by atoms with Crippen LogP contribution in [-0.2, 0) is 4.74 Å². The Kier molecular flexibility index (Phi) is 3.76. The van der Waals surface area contributed by atoms with Gasteiger partial charge in [0.05, 0.1) is 0 Å². The Balaban J connectivity index is 2.00. The first kappa shape index (κ1) is 12.6. The van der Waals surface area contributed by atoms with Gasteiger partial charge in [-0.3, -0.25) is 4.98 Å². The van der Waals surface area contributed by atoms with E-state index in [0.29, 0.717) is 12.0 Å². The lowest BCUT2D eigenvalue weighted by atomic mass is 9.85. The zero-order valence-corrected chi connectivity index (χ0v) is 11.3. The number of fused-ring (bicyclic) bond motifs is 1. The van der Waals surface area contributed by atoms with Crippen molar-refractivity contribution in [3.63, 3.8) is 0 Å². The van der Waals surface area contributed by atoms with Gasteiger partial charge in [0, 0.05) is 37.0 Å². The molecule has 1 saturated heterocycles. The molecule has 1 unspecified atom stereocenters. The quantitative estimate of drug-likeness (QED) is 0.917. The summed E-state index contributed by atoms with van der Waals surface area (Å²) < 4.78 is 5.48. The molecule has 0 spiro atoms. The summed E-state index contributed by atoms with van der Waals surface area (Å²) in [6.07, 6.45) is 6.08. The van der Waals surface area contributed by atoms with Crippen LogP contribution < -0.4 is 5.32 Å². The molecule has 3 heteroatoms. The van der Waals surface area contributed by atoms with Crippen molar-refractivity contribution in [3.05, 3.63) is 42.2 Å².